The molecule has 0 aliphatic rings. The van der Waals surface area contributed by atoms with E-state index in [0.717, 1.165) is 11.1 Å². The molecule has 0 amide bonds. The number of carboxylic acid groups (broad SMARTS) is 2. The lowest BCUT2D eigenvalue weighted by molar-refractivity contribution is -0.139. The molecule has 2 atom stereocenters. The van der Waals surface area contributed by atoms with Crippen molar-refractivity contribution in [3.63, 3.8) is 0 Å². The van der Waals surface area contributed by atoms with Gasteiger partial charge in [0.1, 0.15) is 12.1 Å². The van der Waals surface area contributed by atoms with E-state index in [1.54, 1.807) is 36.7 Å². The summed E-state index contributed by atoms with van der Waals surface area (Å²) < 4.78 is 0. The number of pyridine rings is 2. The smallest absolute Gasteiger partial charge is 0.326 e. The largest absolute Gasteiger partial charge is 0.480 e. The highest BCUT2D eigenvalue weighted by molar-refractivity contribution is 5.74. The van der Waals surface area contributed by atoms with E-state index in [4.69, 9.17) is 21.7 Å². The Labute approximate surface area is 146 Å². The van der Waals surface area contributed by atoms with Gasteiger partial charge in [0.05, 0.1) is 11.4 Å². The van der Waals surface area contributed by atoms with E-state index in [1.165, 1.54) is 0 Å². The molecular formula is C17H24N4O4. The molecule has 2 unspecified atom stereocenters. The molecule has 0 aromatic carbocycles. The van der Waals surface area contributed by atoms with Crippen molar-refractivity contribution in [2.24, 2.45) is 11.5 Å². The number of hydrogen-bond acceptors (Lipinski definition) is 6. The van der Waals surface area contributed by atoms with Gasteiger partial charge in [-0.3, -0.25) is 19.6 Å². The van der Waals surface area contributed by atoms with E-state index in [2.05, 4.69) is 9.97 Å². The monoisotopic (exact) mass is 348 g/mol. The maximum atomic E-state index is 10.4. The number of carboxylic acids is 2. The van der Waals surface area contributed by atoms with Gasteiger partial charge in [-0.25, -0.2) is 0 Å². The molecule has 6 N–H and O–H groups in total. The fraction of sp³-hybridized carbons (Fsp3) is 0.294. The van der Waals surface area contributed by atoms with Crippen LogP contribution in [0, 0.1) is 13.8 Å². The Morgan fingerprint density at radius 1 is 0.920 bits per heavy atom. The molecule has 136 valence electrons. The highest BCUT2D eigenvalue weighted by Crippen LogP contribution is 2.08. The summed E-state index contributed by atoms with van der Waals surface area (Å²) in [5.41, 5.74) is 13.4. The lowest BCUT2D eigenvalue weighted by Crippen LogP contribution is -2.21. The summed E-state index contributed by atoms with van der Waals surface area (Å²) >= 11 is 0. The number of carbonyl (C=O) groups is 2. The molecule has 0 bridgehead atoms. The number of nitrogens with zero attached hydrogens (tertiary/aromatic N) is 2. The summed E-state index contributed by atoms with van der Waals surface area (Å²) in [6.07, 6.45) is 3.14. The molecule has 0 saturated carbocycles. The number of hydrogen-bond donors (Lipinski definition) is 4. The third kappa shape index (κ3) is 7.06. The van der Waals surface area contributed by atoms with Gasteiger partial charge < -0.3 is 21.7 Å². The third-order valence-corrected chi connectivity index (χ3v) is 3.04. The van der Waals surface area contributed by atoms with E-state index < -0.39 is 24.0 Å². The summed E-state index contributed by atoms with van der Waals surface area (Å²) in [6.45, 7) is 3.74. The molecular weight excluding hydrogens is 324 g/mol. The number of aliphatic carboxylic acids is 2. The van der Waals surface area contributed by atoms with Crippen molar-refractivity contribution in [1.29, 1.82) is 0 Å². The second kappa shape index (κ2) is 10.1. The van der Waals surface area contributed by atoms with Gasteiger partial charge in [0, 0.05) is 12.4 Å². The van der Waals surface area contributed by atoms with Crippen molar-refractivity contribution in [3.05, 3.63) is 59.2 Å². The first-order valence-corrected chi connectivity index (χ1v) is 7.04. The van der Waals surface area contributed by atoms with Gasteiger partial charge in [-0.2, -0.15) is 0 Å². The Hall–Kier alpha value is -2.84. The highest BCUT2D eigenvalue weighted by Gasteiger charge is 2.15. The minimum atomic E-state index is -1.06. The Kier molecular flexibility index (Phi) is 8.97. The van der Waals surface area contributed by atoms with Crippen LogP contribution in [-0.2, 0) is 9.59 Å². The van der Waals surface area contributed by atoms with Crippen molar-refractivity contribution in [2.45, 2.75) is 33.4 Å². The maximum Gasteiger partial charge on any atom is 0.326 e. The van der Waals surface area contributed by atoms with Crippen LogP contribution in [0.1, 0.15) is 42.0 Å². The molecule has 2 aromatic heterocycles. The fourth-order valence-electron chi connectivity index (χ4n) is 1.65. The van der Waals surface area contributed by atoms with Gasteiger partial charge in [0.25, 0.3) is 0 Å². The average Bonchev–Trinajstić information content (AvgIpc) is 2.54. The van der Waals surface area contributed by atoms with Gasteiger partial charge in [0.15, 0.2) is 0 Å². The molecule has 8 nitrogen and oxygen atoms in total. The van der Waals surface area contributed by atoms with Crippen LogP contribution in [0.25, 0.3) is 0 Å². The quantitative estimate of drug-likeness (QED) is 0.649. The lowest BCUT2D eigenvalue weighted by atomic mass is 10.1. The standard InChI is InChI=1S/2C8H10N2O2.CH4/c1-5-2-3-10-6(4-5)7(9)8(11)12;1-5-2-3-6(10-4-5)7(9)8(11)12;/h2*2-4,7H,9H2,1H3,(H,11,12);1H4. The van der Waals surface area contributed by atoms with Crippen molar-refractivity contribution < 1.29 is 19.8 Å². The molecule has 0 aliphatic carbocycles. The van der Waals surface area contributed by atoms with Crippen LogP contribution in [0.2, 0.25) is 0 Å². The van der Waals surface area contributed by atoms with Gasteiger partial charge in [-0.1, -0.05) is 13.5 Å². The summed E-state index contributed by atoms with van der Waals surface area (Å²) in [6, 6.07) is 4.81. The average molecular weight is 348 g/mol. The second-order valence-electron chi connectivity index (χ2n) is 5.15. The Morgan fingerprint density at radius 3 is 1.92 bits per heavy atom. The minimum Gasteiger partial charge on any atom is -0.480 e. The molecule has 2 rings (SSSR count). The number of aromatic nitrogens is 2. The van der Waals surface area contributed by atoms with E-state index >= 15 is 0 Å². The summed E-state index contributed by atoms with van der Waals surface area (Å²) in [5.74, 6) is -2.13. The van der Waals surface area contributed by atoms with Crippen LogP contribution < -0.4 is 11.5 Å². The zero-order valence-corrected chi connectivity index (χ0v) is 13.4. The molecule has 0 fully saturated rings. The SMILES string of the molecule is C.Cc1ccc(C(N)C(=O)O)nc1.Cc1ccnc(C(N)C(=O)O)c1. The minimum absolute atomic E-state index is 0. The number of nitrogens with two attached hydrogens (primary N) is 2. The molecule has 0 spiro atoms. The molecule has 2 heterocycles. The normalized spacial score (nSPS) is 12.0. The molecule has 8 heteroatoms. The van der Waals surface area contributed by atoms with Crippen LogP contribution >= 0.6 is 0 Å². The molecule has 2 aromatic rings. The molecule has 0 aliphatic heterocycles. The lowest BCUT2D eigenvalue weighted by Gasteiger charge is -2.05. The van der Waals surface area contributed by atoms with Crippen molar-refractivity contribution in [2.75, 3.05) is 0 Å². The molecule has 25 heavy (non-hydrogen) atoms. The molecule has 0 radical (unpaired) electrons. The van der Waals surface area contributed by atoms with Gasteiger partial charge in [-0.15, -0.1) is 0 Å². The van der Waals surface area contributed by atoms with Crippen molar-refractivity contribution >= 4 is 11.9 Å². The summed E-state index contributed by atoms with van der Waals surface area (Å²) in [7, 11) is 0. The summed E-state index contributed by atoms with van der Waals surface area (Å²) in [5, 5.41) is 17.1. The van der Waals surface area contributed by atoms with Crippen LogP contribution in [-0.4, -0.2) is 32.1 Å². The molecule has 0 saturated heterocycles. The van der Waals surface area contributed by atoms with Crippen LogP contribution in [0.5, 0.6) is 0 Å². The fourth-order valence-corrected chi connectivity index (χ4v) is 1.65. The van der Waals surface area contributed by atoms with Crippen LogP contribution in [0.3, 0.4) is 0 Å². The Balaban J connectivity index is 0.000000443. The van der Waals surface area contributed by atoms with E-state index in [-0.39, 0.29) is 7.43 Å². The summed E-state index contributed by atoms with van der Waals surface area (Å²) in [4.78, 5) is 28.6. The van der Waals surface area contributed by atoms with E-state index in [1.807, 2.05) is 13.8 Å². The zero-order chi connectivity index (χ0) is 18.3. The Bertz CT molecular complexity index is 704. The van der Waals surface area contributed by atoms with Crippen LogP contribution in [0.4, 0.5) is 0 Å². The van der Waals surface area contributed by atoms with E-state index in [9.17, 15) is 9.59 Å². The second-order valence-corrected chi connectivity index (χ2v) is 5.15. The van der Waals surface area contributed by atoms with Gasteiger partial charge in [-0.05, 0) is 43.2 Å². The highest BCUT2D eigenvalue weighted by atomic mass is 16.4. The van der Waals surface area contributed by atoms with Gasteiger partial charge in [0.2, 0.25) is 0 Å². The number of aryl methyl sites for hydroxylation is 2. The van der Waals surface area contributed by atoms with E-state index in [0.29, 0.717) is 11.4 Å². The first kappa shape index (κ1) is 22.2. The predicted molar refractivity (Wildman–Crippen MR) is 93.8 cm³/mol. The van der Waals surface area contributed by atoms with Crippen LogP contribution in [0.15, 0.2) is 36.7 Å². The van der Waals surface area contributed by atoms with Crippen molar-refractivity contribution in [3.8, 4) is 0 Å². The van der Waals surface area contributed by atoms with Gasteiger partial charge >= 0.3 is 11.9 Å². The first-order valence-electron chi connectivity index (χ1n) is 7.04. The Morgan fingerprint density at radius 2 is 1.48 bits per heavy atom. The topological polar surface area (TPSA) is 152 Å². The zero-order valence-electron chi connectivity index (χ0n) is 13.4. The third-order valence-electron chi connectivity index (χ3n) is 3.04. The predicted octanol–water partition coefficient (Wildman–Crippen LogP) is 1.58. The maximum absolute atomic E-state index is 10.4. The van der Waals surface area contributed by atoms with Crippen molar-refractivity contribution in [1.82, 2.24) is 9.97 Å². The number of rotatable bonds is 4. The first-order chi connectivity index (χ1) is 11.2.